The van der Waals surface area contributed by atoms with E-state index in [1.807, 2.05) is 0 Å². The van der Waals surface area contributed by atoms with Gasteiger partial charge in [-0.3, -0.25) is 0 Å². The molecule has 1 fully saturated rings. The van der Waals surface area contributed by atoms with Gasteiger partial charge in [-0.2, -0.15) is 0 Å². The Labute approximate surface area is 112 Å². The van der Waals surface area contributed by atoms with E-state index >= 15 is 0 Å². The third-order valence-corrected chi connectivity index (χ3v) is 3.65. The summed E-state index contributed by atoms with van der Waals surface area (Å²) in [6, 6.07) is 3.43. The highest BCUT2D eigenvalue weighted by Gasteiger charge is 2.26. The molecule has 0 aromatic carbocycles. The summed E-state index contributed by atoms with van der Waals surface area (Å²) in [5.74, 6) is -0.434. The van der Waals surface area contributed by atoms with Gasteiger partial charge in [0.2, 0.25) is 0 Å². The molecule has 18 heavy (non-hydrogen) atoms. The van der Waals surface area contributed by atoms with Gasteiger partial charge in [-0.25, -0.2) is 9.78 Å². The second-order valence-electron chi connectivity index (χ2n) is 4.56. The summed E-state index contributed by atoms with van der Waals surface area (Å²) >= 11 is 5.90. The molecule has 1 aliphatic rings. The fourth-order valence-electron chi connectivity index (χ4n) is 2.52. The lowest BCUT2D eigenvalue weighted by Crippen LogP contribution is -2.40. The Kier molecular flexibility index (Phi) is 4.07. The molecule has 1 aromatic heterocycles. The van der Waals surface area contributed by atoms with Gasteiger partial charge in [-0.15, -0.1) is 0 Å². The van der Waals surface area contributed by atoms with E-state index in [0.717, 1.165) is 25.8 Å². The third-order valence-electron chi connectivity index (χ3n) is 3.44. The predicted octanol–water partition coefficient (Wildman–Crippen LogP) is 3.20. The molecule has 0 spiro atoms. The average Bonchev–Trinajstić information content (AvgIpc) is 2.38. The zero-order valence-corrected chi connectivity index (χ0v) is 11.2. The molecular weight excluding hydrogens is 252 g/mol. The van der Waals surface area contributed by atoms with Crippen LogP contribution in [0.3, 0.4) is 0 Å². The topological polar surface area (TPSA) is 53.4 Å². The van der Waals surface area contributed by atoms with Crippen molar-refractivity contribution in [2.24, 2.45) is 0 Å². The van der Waals surface area contributed by atoms with E-state index in [-0.39, 0.29) is 5.56 Å². The first-order chi connectivity index (χ1) is 8.63. The number of carboxylic acids is 1. The number of nitrogens with zero attached hydrogens (tertiary/aromatic N) is 2. The summed E-state index contributed by atoms with van der Waals surface area (Å²) in [6.07, 6.45) is 4.35. The van der Waals surface area contributed by atoms with Crippen LogP contribution in [-0.2, 0) is 0 Å². The van der Waals surface area contributed by atoms with Gasteiger partial charge in [-0.1, -0.05) is 18.5 Å². The largest absolute Gasteiger partial charge is 0.478 e. The number of aromatic carboxylic acids is 1. The maximum atomic E-state index is 11.3. The van der Waals surface area contributed by atoms with E-state index in [4.69, 9.17) is 11.6 Å². The van der Waals surface area contributed by atoms with Crippen molar-refractivity contribution in [2.45, 2.75) is 38.6 Å². The minimum absolute atomic E-state index is 0.236. The van der Waals surface area contributed by atoms with Gasteiger partial charge in [0.25, 0.3) is 0 Å². The molecule has 2 rings (SSSR count). The van der Waals surface area contributed by atoms with E-state index in [1.165, 1.54) is 18.6 Å². The molecule has 0 radical (unpaired) electrons. The standard InChI is InChI=1S/C13H17ClN2O2/c1-2-9-5-3-4-8-16(9)12-10(13(17)18)6-7-11(14)15-12/h6-7,9H,2-5,8H2,1H3,(H,17,18). The summed E-state index contributed by atoms with van der Waals surface area (Å²) in [6.45, 7) is 2.97. The highest BCUT2D eigenvalue weighted by atomic mass is 35.5. The number of halogens is 1. The van der Waals surface area contributed by atoms with Crippen LogP contribution in [0.2, 0.25) is 5.15 Å². The van der Waals surface area contributed by atoms with Gasteiger partial charge in [0.1, 0.15) is 16.5 Å². The van der Waals surface area contributed by atoms with Crippen LogP contribution in [0.4, 0.5) is 5.82 Å². The highest BCUT2D eigenvalue weighted by molar-refractivity contribution is 6.29. The van der Waals surface area contributed by atoms with Crippen molar-refractivity contribution in [1.29, 1.82) is 0 Å². The fourth-order valence-corrected chi connectivity index (χ4v) is 2.66. The number of carbonyl (C=O) groups is 1. The molecule has 1 saturated heterocycles. The Morgan fingerprint density at radius 3 is 3.00 bits per heavy atom. The SMILES string of the molecule is CCC1CCCCN1c1nc(Cl)ccc1C(=O)O. The summed E-state index contributed by atoms with van der Waals surface area (Å²) in [7, 11) is 0. The molecule has 1 aliphatic heterocycles. The van der Waals surface area contributed by atoms with Gasteiger partial charge in [0.15, 0.2) is 0 Å². The third kappa shape index (κ3) is 2.58. The number of hydrogen-bond donors (Lipinski definition) is 1. The fraction of sp³-hybridized carbons (Fsp3) is 0.538. The number of pyridine rings is 1. The van der Waals surface area contributed by atoms with Crippen molar-refractivity contribution in [1.82, 2.24) is 4.98 Å². The maximum Gasteiger partial charge on any atom is 0.339 e. The van der Waals surface area contributed by atoms with Crippen LogP contribution in [0.15, 0.2) is 12.1 Å². The van der Waals surface area contributed by atoms with Gasteiger partial charge in [0, 0.05) is 12.6 Å². The van der Waals surface area contributed by atoms with Gasteiger partial charge < -0.3 is 10.0 Å². The molecule has 1 aromatic rings. The number of piperidine rings is 1. The lowest BCUT2D eigenvalue weighted by molar-refractivity contribution is 0.0697. The summed E-state index contributed by atoms with van der Waals surface area (Å²) in [5, 5.41) is 9.58. The second-order valence-corrected chi connectivity index (χ2v) is 4.95. The first kappa shape index (κ1) is 13.1. The quantitative estimate of drug-likeness (QED) is 0.856. The van der Waals surface area contributed by atoms with Crippen LogP contribution in [0.25, 0.3) is 0 Å². The maximum absolute atomic E-state index is 11.3. The van der Waals surface area contributed by atoms with Crippen LogP contribution in [-0.4, -0.2) is 28.6 Å². The highest BCUT2D eigenvalue weighted by Crippen LogP contribution is 2.29. The van der Waals surface area contributed by atoms with Crippen LogP contribution in [0.1, 0.15) is 43.0 Å². The van der Waals surface area contributed by atoms with E-state index in [0.29, 0.717) is 17.0 Å². The summed E-state index contributed by atoms with van der Waals surface area (Å²) < 4.78 is 0. The van der Waals surface area contributed by atoms with Crippen molar-refractivity contribution in [3.63, 3.8) is 0 Å². The monoisotopic (exact) mass is 268 g/mol. The summed E-state index contributed by atoms with van der Waals surface area (Å²) in [4.78, 5) is 17.6. The van der Waals surface area contributed by atoms with Crippen molar-refractivity contribution in [3.8, 4) is 0 Å². The van der Waals surface area contributed by atoms with Gasteiger partial charge in [-0.05, 0) is 37.8 Å². The zero-order chi connectivity index (χ0) is 13.1. The lowest BCUT2D eigenvalue weighted by Gasteiger charge is -2.36. The van der Waals surface area contributed by atoms with E-state index in [2.05, 4.69) is 16.8 Å². The first-order valence-electron chi connectivity index (χ1n) is 6.30. The van der Waals surface area contributed by atoms with Crippen LogP contribution in [0, 0.1) is 0 Å². The Hall–Kier alpha value is -1.29. The average molecular weight is 269 g/mol. The molecule has 2 heterocycles. The first-order valence-corrected chi connectivity index (χ1v) is 6.67. The van der Waals surface area contributed by atoms with Gasteiger partial charge >= 0.3 is 5.97 Å². The Morgan fingerprint density at radius 1 is 1.56 bits per heavy atom. The van der Waals surface area contributed by atoms with Crippen molar-refractivity contribution >= 4 is 23.4 Å². The summed E-state index contributed by atoms with van der Waals surface area (Å²) in [5.41, 5.74) is 0.236. The smallest absolute Gasteiger partial charge is 0.339 e. The van der Waals surface area contributed by atoms with E-state index < -0.39 is 5.97 Å². The number of anilines is 1. The zero-order valence-electron chi connectivity index (χ0n) is 10.4. The lowest BCUT2D eigenvalue weighted by atomic mass is 9.99. The molecule has 0 saturated carbocycles. The molecule has 0 aliphatic carbocycles. The van der Waals surface area contributed by atoms with Gasteiger partial charge in [0.05, 0.1) is 0 Å². The normalized spacial score (nSPS) is 19.9. The van der Waals surface area contributed by atoms with Crippen molar-refractivity contribution in [3.05, 3.63) is 22.8 Å². The van der Waals surface area contributed by atoms with Crippen LogP contribution < -0.4 is 4.90 Å². The predicted molar refractivity (Wildman–Crippen MR) is 71.5 cm³/mol. The minimum Gasteiger partial charge on any atom is -0.478 e. The van der Waals surface area contributed by atoms with Crippen molar-refractivity contribution < 1.29 is 9.90 Å². The molecule has 4 nitrogen and oxygen atoms in total. The number of aromatic nitrogens is 1. The molecule has 98 valence electrons. The van der Waals surface area contributed by atoms with Crippen LogP contribution in [0.5, 0.6) is 0 Å². The second kappa shape index (κ2) is 5.57. The van der Waals surface area contributed by atoms with E-state index in [9.17, 15) is 9.90 Å². The number of hydrogen-bond acceptors (Lipinski definition) is 3. The molecular formula is C13H17ClN2O2. The number of rotatable bonds is 3. The Bertz CT molecular complexity index is 451. The number of carboxylic acid groups (broad SMARTS) is 1. The Balaban J connectivity index is 2.41. The minimum atomic E-state index is -0.949. The van der Waals surface area contributed by atoms with Crippen LogP contribution >= 0.6 is 11.6 Å². The van der Waals surface area contributed by atoms with Crippen molar-refractivity contribution in [2.75, 3.05) is 11.4 Å². The molecule has 0 amide bonds. The molecule has 5 heteroatoms. The molecule has 1 atom stereocenters. The Morgan fingerprint density at radius 2 is 2.33 bits per heavy atom. The van der Waals surface area contributed by atoms with E-state index in [1.54, 1.807) is 0 Å². The molecule has 1 unspecified atom stereocenters. The molecule has 1 N–H and O–H groups in total. The molecule has 0 bridgehead atoms.